The largest absolute Gasteiger partial charge is 0.352 e. The van der Waals surface area contributed by atoms with Crippen molar-refractivity contribution in [2.45, 2.75) is 38.8 Å². The second kappa shape index (κ2) is 7.45. The van der Waals surface area contributed by atoms with Gasteiger partial charge in [-0.2, -0.15) is 0 Å². The van der Waals surface area contributed by atoms with Crippen molar-refractivity contribution in [3.8, 4) is 0 Å². The number of hydrogen-bond donors (Lipinski definition) is 2. The summed E-state index contributed by atoms with van der Waals surface area (Å²) in [5, 5.41) is 2.87. The van der Waals surface area contributed by atoms with Crippen LogP contribution in [0.4, 0.5) is 0 Å². The molecule has 1 atom stereocenters. The number of carbonyl (C=O) groups is 1. The van der Waals surface area contributed by atoms with E-state index in [0.29, 0.717) is 13.0 Å². The normalized spacial score (nSPS) is 12.2. The average molecular weight is 299 g/mol. The van der Waals surface area contributed by atoms with Gasteiger partial charge in [-0.15, -0.1) is 0 Å². The molecule has 0 aliphatic rings. The van der Waals surface area contributed by atoms with Gasteiger partial charge in [0.05, 0.1) is 0 Å². The van der Waals surface area contributed by atoms with Gasteiger partial charge in [0.2, 0.25) is 5.91 Å². The number of halogens is 1. The van der Waals surface area contributed by atoms with Gasteiger partial charge in [0.1, 0.15) is 0 Å². The maximum Gasteiger partial charge on any atom is 0.221 e. The Morgan fingerprint density at radius 2 is 2.06 bits per heavy atom. The number of rotatable bonds is 6. The van der Waals surface area contributed by atoms with Crippen LogP contribution in [0.5, 0.6) is 0 Å². The first-order valence-electron chi connectivity index (χ1n) is 5.88. The molecule has 94 valence electrons. The molecule has 0 bridgehead atoms. The molecule has 0 aromatic heterocycles. The van der Waals surface area contributed by atoms with Crippen molar-refractivity contribution in [2.24, 2.45) is 5.73 Å². The molecule has 1 rings (SSSR count). The Bertz CT molecular complexity index is 351. The van der Waals surface area contributed by atoms with E-state index in [4.69, 9.17) is 5.73 Å². The lowest BCUT2D eigenvalue weighted by molar-refractivity contribution is -0.121. The minimum absolute atomic E-state index is 0.0221. The van der Waals surface area contributed by atoms with Crippen LogP contribution < -0.4 is 11.1 Å². The Balaban J connectivity index is 2.30. The van der Waals surface area contributed by atoms with Gasteiger partial charge in [0.15, 0.2) is 0 Å². The summed E-state index contributed by atoms with van der Waals surface area (Å²) in [5.74, 6) is 0.0221. The van der Waals surface area contributed by atoms with Crippen LogP contribution in [-0.2, 0) is 11.3 Å². The molecule has 4 heteroatoms. The minimum Gasteiger partial charge on any atom is -0.352 e. The number of nitrogens with two attached hydrogens (primary N) is 1. The first-order valence-corrected chi connectivity index (χ1v) is 6.68. The van der Waals surface area contributed by atoms with E-state index in [0.717, 1.165) is 22.9 Å². The van der Waals surface area contributed by atoms with Crippen molar-refractivity contribution in [2.75, 3.05) is 0 Å². The number of hydrogen-bond acceptors (Lipinski definition) is 2. The molecule has 0 aliphatic carbocycles. The van der Waals surface area contributed by atoms with E-state index < -0.39 is 0 Å². The summed E-state index contributed by atoms with van der Waals surface area (Å²) >= 11 is 3.37. The summed E-state index contributed by atoms with van der Waals surface area (Å²) in [4.78, 5) is 11.6. The molecule has 0 saturated heterocycles. The average Bonchev–Trinajstić information content (AvgIpc) is 2.28. The van der Waals surface area contributed by atoms with E-state index in [1.807, 2.05) is 24.3 Å². The van der Waals surface area contributed by atoms with E-state index in [-0.39, 0.29) is 11.9 Å². The Morgan fingerprint density at radius 3 is 2.65 bits per heavy atom. The summed E-state index contributed by atoms with van der Waals surface area (Å²) in [6.45, 7) is 2.63. The fourth-order valence-electron chi connectivity index (χ4n) is 1.59. The van der Waals surface area contributed by atoms with Gasteiger partial charge in [-0.25, -0.2) is 0 Å². The van der Waals surface area contributed by atoms with Gasteiger partial charge in [-0.3, -0.25) is 4.79 Å². The molecule has 1 aromatic rings. The van der Waals surface area contributed by atoms with Crippen LogP contribution in [0.15, 0.2) is 28.7 Å². The minimum atomic E-state index is -0.0232. The molecular weight excluding hydrogens is 280 g/mol. The van der Waals surface area contributed by atoms with Crippen molar-refractivity contribution in [1.29, 1.82) is 0 Å². The SMILES string of the molecule is CCCC(N)CC(=O)NCc1ccc(Br)cc1. The van der Waals surface area contributed by atoms with E-state index >= 15 is 0 Å². The van der Waals surface area contributed by atoms with E-state index in [1.165, 1.54) is 0 Å². The molecule has 0 aliphatic heterocycles. The quantitative estimate of drug-likeness (QED) is 0.848. The zero-order valence-corrected chi connectivity index (χ0v) is 11.7. The number of amides is 1. The van der Waals surface area contributed by atoms with Gasteiger partial charge in [-0.05, 0) is 24.1 Å². The van der Waals surface area contributed by atoms with Gasteiger partial charge in [0.25, 0.3) is 0 Å². The highest BCUT2D eigenvalue weighted by Gasteiger charge is 2.07. The summed E-state index contributed by atoms with van der Waals surface area (Å²) in [7, 11) is 0. The maximum atomic E-state index is 11.6. The van der Waals surface area contributed by atoms with Crippen LogP contribution in [0.2, 0.25) is 0 Å². The number of benzene rings is 1. The first kappa shape index (κ1) is 14.2. The standard InChI is InChI=1S/C13H19BrN2O/c1-2-3-12(15)8-13(17)16-9-10-4-6-11(14)7-5-10/h4-7,12H,2-3,8-9,15H2,1H3,(H,16,17). The zero-order chi connectivity index (χ0) is 12.7. The fraction of sp³-hybridized carbons (Fsp3) is 0.462. The molecule has 1 unspecified atom stereocenters. The molecule has 0 fully saturated rings. The van der Waals surface area contributed by atoms with Crippen LogP contribution in [0, 0.1) is 0 Å². The predicted octanol–water partition coefficient (Wildman–Crippen LogP) is 2.58. The van der Waals surface area contributed by atoms with Crippen molar-refractivity contribution >= 4 is 21.8 Å². The van der Waals surface area contributed by atoms with Crippen LogP contribution in [0.3, 0.4) is 0 Å². The lowest BCUT2D eigenvalue weighted by Gasteiger charge is -2.10. The lowest BCUT2D eigenvalue weighted by Crippen LogP contribution is -2.31. The maximum absolute atomic E-state index is 11.6. The second-order valence-corrected chi connectivity index (χ2v) is 5.07. The summed E-state index contributed by atoms with van der Waals surface area (Å²) < 4.78 is 1.04. The monoisotopic (exact) mass is 298 g/mol. The highest BCUT2D eigenvalue weighted by Crippen LogP contribution is 2.10. The van der Waals surface area contributed by atoms with Gasteiger partial charge in [-0.1, -0.05) is 41.4 Å². The van der Waals surface area contributed by atoms with Crippen LogP contribution in [0.25, 0.3) is 0 Å². The summed E-state index contributed by atoms with van der Waals surface area (Å²) in [5.41, 5.74) is 6.90. The van der Waals surface area contributed by atoms with Gasteiger partial charge in [0, 0.05) is 23.5 Å². The molecule has 1 aromatic carbocycles. The molecule has 17 heavy (non-hydrogen) atoms. The second-order valence-electron chi connectivity index (χ2n) is 4.16. The fourth-order valence-corrected chi connectivity index (χ4v) is 1.85. The molecule has 0 saturated carbocycles. The smallest absolute Gasteiger partial charge is 0.221 e. The summed E-state index contributed by atoms with van der Waals surface area (Å²) in [6.07, 6.45) is 2.32. The number of carbonyl (C=O) groups excluding carboxylic acids is 1. The molecular formula is C13H19BrN2O. The Labute approximate surface area is 111 Å². The highest BCUT2D eigenvalue weighted by atomic mass is 79.9. The van der Waals surface area contributed by atoms with Crippen LogP contribution in [-0.4, -0.2) is 11.9 Å². The van der Waals surface area contributed by atoms with Crippen molar-refractivity contribution in [1.82, 2.24) is 5.32 Å². The third-order valence-corrected chi connectivity index (χ3v) is 3.04. The predicted molar refractivity (Wildman–Crippen MR) is 73.5 cm³/mol. The van der Waals surface area contributed by atoms with Crippen molar-refractivity contribution < 1.29 is 4.79 Å². The molecule has 0 heterocycles. The Morgan fingerprint density at radius 1 is 1.41 bits per heavy atom. The molecule has 0 spiro atoms. The van der Waals surface area contributed by atoms with Crippen LogP contribution >= 0.6 is 15.9 Å². The van der Waals surface area contributed by atoms with E-state index in [9.17, 15) is 4.79 Å². The molecule has 1 amide bonds. The summed E-state index contributed by atoms with van der Waals surface area (Å²) in [6, 6.07) is 7.87. The third kappa shape index (κ3) is 5.84. The lowest BCUT2D eigenvalue weighted by atomic mass is 10.1. The zero-order valence-electron chi connectivity index (χ0n) is 10.1. The third-order valence-electron chi connectivity index (χ3n) is 2.51. The molecule has 0 radical (unpaired) electrons. The Hall–Kier alpha value is -0.870. The molecule has 3 N–H and O–H groups in total. The van der Waals surface area contributed by atoms with E-state index in [2.05, 4.69) is 28.2 Å². The number of nitrogens with one attached hydrogen (secondary N) is 1. The topological polar surface area (TPSA) is 55.1 Å². The van der Waals surface area contributed by atoms with E-state index in [1.54, 1.807) is 0 Å². The first-order chi connectivity index (χ1) is 8.11. The van der Waals surface area contributed by atoms with Gasteiger partial charge < -0.3 is 11.1 Å². The van der Waals surface area contributed by atoms with Crippen molar-refractivity contribution in [3.63, 3.8) is 0 Å². The van der Waals surface area contributed by atoms with Crippen LogP contribution in [0.1, 0.15) is 31.7 Å². The highest BCUT2D eigenvalue weighted by molar-refractivity contribution is 9.10. The molecule has 3 nitrogen and oxygen atoms in total. The van der Waals surface area contributed by atoms with Crippen molar-refractivity contribution in [3.05, 3.63) is 34.3 Å². The van der Waals surface area contributed by atoms with Gasteiger partial charge >= 0.3 is 0 Å². The Kier molecular flexibility index (Phi) is 6.22.